The van der Waals surface area contributed by atoms with Gasteiger partial charge in [0.1, 0.15) is 5.82 Å². The van der Waals surface area contributed by atoms with Gasteiger partial charge in [-0.2, -0.15) is 0 Å². The molecule has 0 spiro atoms. The van der Waals surface area contributed by atoms with E-state index in [9.17, 15) is 0 Å². The Morgan fingerprint density at radius 2 is 2.36 bits per heavy atom. The van der Waals surface area contributed by atoms with Gasteiger partial charge in [-0.05, 0) is 19.1 Å². The molecule has 0 aliphatic rings. The van der Waals surface area contributed by atoms with Gasteiger partial charge < -0.3 is 10.1 Å². The van der Waals surface area contributed by atoms with Gasteiger partial charge in [0.2, 0.25) is 0 Å². The topological polar surface area (TPSA) is 67.2 Å². The average Bonchev–Trinajstić information content (AvgIpc) is 2.44. The molecular formula is C10H12N4. The maximum absolute atomic E-state index is 7.24. The number of aromatic nitrogens is 2. The maximum atomic E-state index is 7.24. The molecule has 2 aromatic rings. The van der Waals surface area contributed by atoms with E-state index in [1.165, 1.54) is 0 Å². The van der Waals surface area contributed by atoms with Crippen molar-refractivity contribution in [3.8, 4) is 0 Å². The molecule has 2 aromatic heterocycles. The number of rotatable bonds is 2. The summed E-state index contributed by atoms with van der Waals surface area (Å²) in [6.07, 6.45) is 2.38. The van der Waals surface area contributed by atoms with Crippen molar-refractivity contribution in [2.75, 3.05) is 0 Å². The van der Waals surface area contributed by atoms with Crippen LogP contribution < -0.4 is 5.73 Å². The van der Waals surface area contributed by atoms with Crippen molar-refractivity contribution in [2.24, 2.45) is 5.73 Å². The first kappa shape index (κ1) is 8.74. The van der Waals surface area contributed by atoms with Crippen LogP contribution in [0.3, 0.4) is 0 Å². The van der Waals surface area contributed by atoms with Crippen molar-refractivity contribution in [1.29, 1.82) is 5.41 Å². The Morgan fingerprint density at radius 1 is 1.57 bits per heavy atom. The number of amidine groups is 1. The molecule has 0 saturated heterocycles. The number of nitrogens with zero attached hydrogens (tertiary/aromatic N) is 2. The van der Waals surface area contributed by atoms with Crippen LogP contribution in [0.4, 0.5) is 0 Å². The van der Waals surface area contributed by atoms with Gasteiger partial charge >= 0.3 is 0 Å². The molecule has 2 rings (SSSR count). The van der Waals surface area contributed by atoms with E-state index >= 15 is 0 Å². The molecule has 0 aliphatic carbocycles. The second-order valence-electron chi connectivity index (χ2n) is 3.26. The summed E-state index contributed by atoms with van der Waals surface area (Å²) in [5.74, 6) is 1.07. The summed E-state index contributed by atoms with van der Waals surface area (Å²) in [7, 11) is 0. The minimum atomic E-state index is 0.147. The number of nitrogens with two attached hydrogens (primary N) is 1. The maximum Gasteiger partial charge on any atom is 0.110 e. The van der Waals surface area contributed by atoms with Gasteiger partial charge in [-0.1, -0.05) is 6.07 Å². The molecule has 4 nitrogen and oxygen atoms in total. The third kappa shape index (κ3) is 1.35. The monoisotopic (exact) mass is 188 g/mol. The Bertz CT molecular complexity index is 484. The van der Waals surface area contributed by atoms with E-state index in [0.29, 0.717) is 6.42 Å². The summed E-state index contributed by atoms with van der Waals surface area (Å²) in [4.78, 5) is 4.37. The van der Waals surface area contributed by atoms with Gasteiger partial charge in [-0.25, -0.2) is 4.98 Å². The van der Waals surface area contributed by atoms with E-state index in [0.717, 1.165) is 17.0 Å². The fourth-order valence-electron chi connectivity index (χ4n) is 1.58. The molecule has 0 bridgehead atoms. The van der Waals surface area contributed by atoms with Gasteiger partial charge in [-0.15, -0.1) is 0 Å². The van der Waals surface area contributed by atoms with E-state index in [2.05, 4.69) is 4.98 Å². The van der Waals surface area contributed by atoms with Gasteiger partial charge in [0, 0.05) is 12.6 Å². The van der Waals surface area contributed by atoms with Crippen LogP contribution in [0.15, 0.2) is 24.4 Å². The second-order valence-corrected chi connectivity index (χ2v) is 3.26. The fraction of sp³-hybridized carbons (Fsp3) is 0.200. The predicted octanol–water partition coefficient (Wildman–Crippen LogP) is 1.12. The van der Waals surface area contributed by atoms with Gasteiger partial charge in [0.05, 0.1) is 17.0 Å². The zero-order valence-electron chi connectivity index (χ0n) is 7.99. The van der Waals surface area contributed by atoms with Gasteiger partial charge in [0.25, 0.3) is 0 Å². The molecule has 2 heterocycles. The van der Waals surface area contributed by atoms with Crippen LogP contribution in [0.5, 0.6) is 0 Å². The Hall–Kier alpha value is -1.84. The van der Waals surface area contributed by atoms with Crippen LogP contribution in [0.25, 0.3) is 5.52 Å². The first-order valence-electron chi connectivity index (χ1n) is 4.44. The Balaban J connectivity index is 2.60. The van der Waals surface area contributed by atoms with Crippen LogP contribution in [-0.4, -0.2) is 15.2 Å². The van der Waals surface area contributed by atoms with E-state index in [1.54, 1.807) is 0 Å². The standard InChI is InChI=1S/C10H12N4/c1-7-13-8(6-10(11)12)9-4-2-3-5-14(7)9/h2-5H,6H2,1H3,(H3,11,12). The number of nitrogens with one attached hydrogen (secondary N) is 1. The van der Waals surface area contributed by atoms with Crippen LogP contribution in [0, 0.1) is 12.3 Å². The van der Waals surface area contributed by atoms with Gasteiger partial charge in [0.15, 0.2) is 0 Å². The lowest BCUT2D eigenvalue weighted by Gasteiger charge is -1.96. The van der Waals surface area contributed by atoms with E-state index in [4.69, 9.17) is 11.1 Å². The fourth-order valence-corrected chi connectivity index (χ4v) is 1.58. The van der Waals surface area contributed by atoms with Crippen molar-refractivity contribution in [3.63, 3.8) is 0 Å². The van der Waals surface area contributed by atoms with E-state index in [1.807, 2.05) is 35.7 Å². The highest BCUT2D eigenvalue weighted by Crippen LogP contribution is 2.12. The lowest BCUT2D eigenvalue weighted by atomic mass is 10.2. The van der Waals surface area contributed by atoms with Crippen molar-refractivity contribution in [1.82, 2.24) is 9.38 Å². The van der Waals surface area contributed by atoms with Crippen molar-refractivity contribution < 1.29 is 0 Å². The molecule has 0 aliphatic heterocycles. The third-order valence-electron chi connectivity index (χ3n) is 2.16. The van der Waals surface area contributed by atoms with Crippen molar-refractivity contribution in [2.45, 2.75) is 13.3 Å². The normalized spacial score (nSPS) is 10.6. The molecule has 0 saturated carbocycles. The summed E-state index contributed by atoms with van der Waals surface area (Å²) >= 11 is 0. The first-order chi connectivity index (χ1) is 6.68. The van der Waals surface area contributed by atoms with Crippen molar-refractivity contribution in [3.05, 3.63) is 35.9 Å². The highest BCUT2D eigenvalue weighted by molar-refractivity contribution is 5.81. The number of fused-ring (bicyclic) bond motifs is 1. The van der Waals surface area contributed by atoms with Crippen LogP contribution in [0.1, 0.15) is 11.5 Å². The lowest BCUT2D eigenvalue weighted by molar-refractivity contribution is 1.03. The highest BCUT2D eigenvalue weighted by atomic mass is 15.0. The van der Waals surface area contributed by atoms with Crippen LogP contribution in [0.2, 0.25) is 0 Å². The summed E-state index contributed by atoms with van der Waals surface area (Å²) in [5.41, 5.74) is 7.26. The van der Waals surface area contributed by atoms with Crippen LogP contribution >= 0.6 is 0 Å². The molecule has 4 heteroatoms. The molecule has 3 N–H and O–H groups in total. The second kappa shape index (κ2) is 3.14. The zero-order chi connectivity index (χ0) is 10.1. The summed E-state index contributed by atoms with van der Waals surface area (Å²) < 4.78 is 2.00. The molecule has 0 amide bonds. The molecule has 0 aromatic carbocycles. The highest BCUT2D eigenvalue weighted by Gasteiger charge is 2.07. The number of hydrogen-bond donors (Lipinski definition) is 2. The zero-order valence-corrected chi connectivity index (χ0v) is 7.99. The summed E-state index contributed by atoms with van der Waals surface area (Å²) in [6, 6.07) is 5.90. The minimum Gasteiger partial charge on any atom is -0.387 e. The largest absolute Gasteiger partial charge is 0.387 e. The minimum absolute atomic E-state index is 0.147. The molecule has 0 atom stereocenters. The number of hydrogen-bond acceptors (Lipinski definition) is 2. The number of aryl methyl sites for hydroxylation is 1. The molecule has 14 heavy (non-hydrogen) atoms. The lowest BCUT2D eigenvalue weighted by Crippen LogP contribution is -2.13. The first-order valence-corrected chi connectivity index (χ1v) is 4.44. The number of pyridine rings is 1. The molecule has 0 unspecified atom stereocenters. The van der Waals surface area contributed by atoms with E-state index in [-0.39, 0.29) is 5.84 Å². The Labute approximate surface area is 81.9 Å². The summed E-state index contributed by atoms with van der Waals surface area (Å²) in [5, 5.41) is 7.24. The number of imidazole rings is 1. The van der Waals surface area contributed by atoms with Crippen LogP contribution in [-0.2, 0) is 6.42 Å². The smallest absolute Gasteiger partial charge is 0.110 e. The third-order valence-corrected chi connectivity index (χ3v) is 2.16. The molecular weight excluding hydrogens is 176 g/mol. The van der Waals surface area contributed by atoms with Crippen molar-refractivity contribution >= 4 is 11.4 Å². The van der Waals surface area contributed by atoms with E-state index < -0.39 is 0 Å². The summed E-state index contributed by atoms with van der Waals surface area (Å²) in [6.45, 7) is 1.94. The van der Waals surface area contributed by atoms with Gasteiger partial charge in [-0.3, -0.25) is 5.41 Å². The predicted molar refractivity (Wildman–Crippen MR) is 55.5 cm³/mol. The SMILES string of the molecule is Cc1nc(CC(=N)N)c2ccccn12. The molecule has 0 fully saturated rings. The quantitative estimate of drug-likeness (QED) is 0.547. The Kier molecular flexibility index (Phi) is 1.96. The average molecular weight is 188 g/mol. The Morgan fingerprint density at radius 3 is 3.07 bits per heavy atom. The molecule has 72 valence electrons. The molecule has 0 radical (unpaired) electrons.